The molecule has 0 bridgehead atoms. The lowest BCUT2D eigenvalue weighted by molar-refractivity contribution is 0.406. The van der Waals surface area contributed by atoms with Gasteiger partial charge in [-0.2, -0.15) is 0 Å². The summed E-state index contributed by atoms with van der Waals surface area (Å²) in [5.41, 5.74) is 0.849. The Kier molecular flexibility index (Phi) is 7.41. The summed E-state index contributed by atoms with van der Waals surface area (Å²) in [5.74, 6) is 2.48. The number of benzene rings is 1. The van der Waals surface area contributed by atoms with Crippen LogP contribution in [0.3, 0.4) is 0 Å². The average Bonchev–Trinajstić information content (AvgIpc) is 3.17. The van der Waals surface area contributed by atoms with E-state index in [4.69, 9.17) is 16.3 Å². The Bertz CT molecular complexity index is 846. The first-order chi connectivity index (χ1) is 14.1. The molecule has 0 saturated carbocycles. The zero-order valence-electron chi connectivity index (χ0n) is 16.9. The van der Waals surface area contributed by atoms with Gasteiger partial charge < -0.3 is 25.4 Å². The summed E-state index contributed by atoms with van der Waals surface area (Å²) in [6.45, 7) is 5.11. The smallest absolute Gasteiger partial charge is 0.191 e. The zero-order chi connectivity index (χ0) is 20.6. The molecule has 1 saturated heterocycles. The summed E-state index contributed by atoms with van der Waals surface area (Å²) in [7, 11) is 1.58. The number of aromatic hydroxyl groups is 1. The topological polar surface area (TPSA) is 82.0 Å². The van der Waals surface area contributed by atoms with Crippen molar-refractivity contribution in [3.63, 3.8) is 0 Å². The number of rotatable bonds is 7. The Balaban J connectivity index is 1.56. The molecule has 156 valence electrons. The first kappa shape index (κ1) is 21.0. The molecule has 8 heteroatoms. The second-order valence-corrected chi connectivity index (χ2v) is 7.30. The summed E-state index contributed by atoms with van der Waals surface area (Å²) in [6.07, 6.45) is 3.39. The molecule has 0 aliphatic carbocycles. The fourth-order valence-corrected chi connectivity index (χ4v) is 3.61. The van der Waals surface area contributed by atoms with Crippen molar-refractivity contribution in [2.75, 3.05) is 38.2 Å². The van der Waals surface area contributed by atoms with E-state index in [9.17, 15) is 5.11 Å². The Morgan fingerprint density at radius 2 is 2.28 bits per heavy atom. The van der Waals surface area contributed by atoms with Crippen molar-refractivity contribution in [1.29, 1.82) is 0 Å². The first-order valence-electron chi connectivity index (χ1n) is 9.87. The van der Waals surface area contributed by atoms with Crippen LogP contribution in [0.2, 0.25) is 5.02 Å². The van der Waals surface area contributed by atoms with Crippen LogP contribution in [0.15, 0.2) is 41.5 Å². The molecule has 7 nitrogen and oxygen atoms in total. The van der Waals surface area contributed by atoms with E-state index < -0.39 is 0 Å². The number of phenols is 1. The predicted molar refractivity (Wildman–Crippen MR) is 117 cm³/mol. The van der Waals surface area contributed by atoms with Crippen molar-refractivity contribution in [3.05, 3.63) is 47.1 Å². The Hall–Kier alpha value is -2.67. The normalized spacial score (nSPS) is 16.7. The monoisotopic (exact) mass is 417 g/mol. The van der Waals surface area contributed by atoms with Gasteiger partial charge in [-0.05, 0) is 43.5 Å². The van der Waals surface area contributed by atoms with Crippen LogP contribution in [-0.2, 0) is 6.42 Å². The number of anilines is 1. The number of aromatic nitrogens is 1. The van der Waals surface area contributed by atoms with Crippen molar-refractivity contribution >= 4 is 23.4 Å². The van der Waals surface area contributed by atoms with E-state index in [0.29, 0.717) is 23.7 Å². The fourth-order valence-electron chi connectivity index (χ4n) is 3.36. The van der Waals surface area contributed by atoms with Crippen LogP contribution in [0.5, 0.6) is 11.5 Å². The minimum absolute atomic E-state index is 0.233. The maximum atomic E-state index is 10.1. The highest BCUT2D eigenvalue weighted by atomic mass is 35.5. The van der Waals surface area contributed by atoms with Gasteiger partial charge in [0.2, 0.25) is 0 Å². The lowest BCUT2D eigenvalue weighted by atomic mass is 10.1. The van der Waals surface area contributed by atoms with Gasteiger partial charge in [-0.3, -0.25) is 4.99 Å². The third-order valence-corrected chi connectivity index (χ3v) is 5.15. The number of hydrogen-bond donors (Lipinski definition) is 3. The molecule has 0 radical (unpaired) electrons. The van der Waals surface area contributed by atoms with Gasteiger partial charge in [0.15, 0.2) is 5.96 Å². The highest BCUT2D eigenvalue weighted by molar-refractivity contribution is 6.32. The second-order valence-electron chi connectivity index (χ2n) is 6.89. The van der Waals surface area contributed by atoms with Crippen LogP contribution < -0.4 is 20.3 Å². The first-order valence-corrected chi connectivity index (χ1v) is 10.2. The van der Waals surface area contributed by atoms with Gasteiger partial charge >= 0.3 is 0 Å². The summed E-state index contributed by atoms with van der Waals surface area (Å²) in [4.78, 5) is 11.3. The number of phenolic OH excluding ortho intramolecular Hbond substituents is 1. The Morgan fingerprint density at radius 1 is 1.41 bits per heavy atom. The molecular weight excluding hydrogens is 390 g/mol. The van der Waals surface area contributed by atoms with E-state index in [2.05, 4.69) is 25.5 Å². The number of aliphatic imine (C=N–C) groups is 1. The molecule has 1 fully saturated rings. The summed E-state index contributed by atoms with van der Waals surface area (Å²) in [6, 6.07) is 9.31. The largest absolute Gasteiger partial charge is 0.508 e. The fraction of sp³-hybridized carbons (Fsp3) is 0.429. The van der Waals surface area contributed by atoms with E-state index in [0.717, 1.165) is 43.4 Å². The standard InChI is InChI=1S/C21H28ClN5O2/c1-3-23-21(25-11-8-15-6-7-17(29-2)13-19(15)28)26-16-9-12-27(14-16)20-18(22)5-4-10-24-20/h4-7,10,13,16,28H,3,8-9,11-12,14H2,1-2H3,(H2,23,25,26). The third-order valence-electron chi connectivity index (χ3n) is 4.86. The summed E-state index contributed by atoms with van der Waals surface area (Å²) < 4.78 is 5.12. The molecule has 2 heterocycles. The number of hydrogen-bond acceptors (Lipinski definition) is 5. The van der Waals surface area contributed by atoms with Gasteiger partial charge in [-0.15, -0.1) is 0 Å². The quantitative estimate of drug-likeness (QED) is 0.474. The van der Waals surface area contributed by atoms with Gasteiger partial charge in [0, 0.05) is 44.5 Å². The average molecular weight is 418 g/mol. The van der Waals surface area contributed by atoms with Crippen molar-refractivity contribution < 1.29 is 9.84 Å². The van der Waals surface area contributed by atoms with Gasteiger partial charge in [-0.1, -0.05) is 17.7 Å². The number of halogens is 1. The number of methoxy groups -OCH3 is 1. The highest BCUT2D eigenvalue weighted by Gasteiger charge is 2.25. The molecule has 1 unspecified atom stereocenters. The maximum Gasteiger partial charge on any atom is 0.191 e. The molecule has 1 aliphatic rings. The van der Waals surface area contributed by atoms with Crippen molar-refractivity contribution in [2.24, 2.45) is 4.99 Å². The van der Waals surface area contributed by atoms with Crippen LogP contribution in [0, 0.1) is 0 Å². The second kappa shape index (κ2) is 10.2. The molecule has 1 aromatic carbocycles. The van der Waals surface area contributed by atoms with Crippen LogP contribution >= 0.6 is 11.6 Å². The van der Waals surface area contributed by atoms with Crippen molar-refractivity contribution in [2.45, 2.75) is 25.8 Å². The number of nitrogens with zero attached hydrogens (tertiary/aromatic N) is 3. The molecule has 2 aromatic rings. The molecular formula is C21H28ClN5O2. The minimum Gasteiger partial charge on any atom is -0.508 e. The Morgan fingerprint density at radius 3 is 3.00 bits per heavy atom. The Labute approximate surface area is 176 Å². The van der Waals surface area contributed by atoms with Crippen molar-refractivity contribution in [1.82, 2.24) is 15.6 Å². The lowest BCUT2D eigenvalue weighted by Gasteiger charge is -2.20. The molecule has 0 amide bonds. The third kappa shape index (κ3) is 5.67. The van der Waals surface area contributed by atoms with Crippen LogP contribution in [-0.4, -0.2) is 55.4 Å². The molecule has 29 heavy (non-hydrogen) atoms. The SMILES string of the molecule is CCNC(=NCCc1ccc(OC)cc1O)NC1CCN(c2ncccc2Cl)C1. The van der Waals surface area contributed by atoms with Crippen LogP contribution in [0.25, 0.3) is 0 Å². The summed E-state index contributed by atoms with van der Waals surface area (Å²) >= 11 is 6.28. The lowest BCUT2D eigenvalue weighted by Crippen LogP contribution is -2.44. The van der Waals surface area contributed by atoms with Gasteiger partial charge in [0.1, 0.15) is 17.3 Å². The highest BCUT2D eigenvalue weighted by Crippen LogP contribution is 2.26. The van der Waals surface area contributed by atoms with E-state index in [-0.39, 0.29) is 11.8 Å². The van der Waals surface area contributed by atoms with Crippen molar-refractivity contribution in [3.8, 4) is 11.5 Å². The number of nitrogens with one attached hydrogen (secondary N) is 2. The van der Waals surface area contributed by atoms with Gasteiger partial charge in [-0.25, -0.2) is 4.98 Å². The number of ether oxygens (including phenoxy) is 1. The van der Waals surface area contributed by atoms with E-state index in [1.807, 2.05) is 31.2 Å². The van der Waals surface area contributed by atoms with E-state index >= 15 is 0 Å². The minimum atomic E-state index is 0.233. The van der Waals surface area contributed by atoms with E-state index in [1.54, 1.807) is 19.4 Å². The van der Waals surface area contributed by atoms with E-state index in [1.165, 1.54) is 0 Å². The maximum absolute atomic E-state index is 10.1. The number of pyridine rings is 1. The van der Waals surface area contributed by atoms with Crippen LogP contribution in [0.1, 0.15) is 18.9 Å². The molecule has 0 spiro atoms. The molecule has 1 aromatic heterocycles. The predicted octanol–water partition coefficient (Wildman–Crippen LogP) is 2.83. The molecule has 1 aliphatic heterocycles. The number of guanidine groups is 1. The zero-order valence-corrected chi connectivity index (χ0v) is 17.6. The van der Waals surface area contributed by atoms with Gasteiger partial charge in [0.05, 0.1) is 12.1 Å². The summed E-state index contributed by atoms with van der Waals surface area (Å²) in [5, 5.41) is 17.6. The molecule has 3 rings (SSSR count). The van der Waals surface area contributed by atoms with Crippen LogP contribution in [0.4, 0.5) is 5.82 Å². The molecule has 3 N–H and O–H groups in total. The molecule has 1 atom stereocenters. The van der Waals surface area contributed by atoms with Gasteiger partial charge in [0.25, 0.3) is 0 Å².